The van der Waals surface area contributed by atoms with Gasteiger partial charge in [0.15, 0.2) is 0 Å². The van der Waals surface area contributed by atoms with Crippen molar-refractivity contribution in [1.29, 1.82) is 0 Å². The average molecular weight is 482 g/mol. The van der Waals surface area contributed by atoms with Crippen LogP contribution in [-0.2, 0) is 9.59 Å². The minimum atomic E-state index is -2.74. The Hall–Kier alpha value is -4.94. The molecule has 0 aliphatic carbocycles. The molecule has 4 nitrogen and oxygen atoms in total. The van der Waals surface area contributed by atoms with Gasteiger partial charge in [-0.15, -0.1) is 0 Å². The molecule has 6 heteroatoms. The van der Waals surface area contributed by atoms with Crippen LogP contribution in [0, 0.1) is 23.7 Å². The van der Waals surface area contributed by atoms with Gasteiger partial charge in [-0.3, -0.25) is 0 Å². The van der Waals surface area contributed by atoms with Crippen molar-refractivity contribution in [1.82, 2.24) is 0 Å². The van der Waals surface area contributed by atoms with E-state index in [0.717, 1.165) is 6.08 Å². The van der Waals surface area contributed by atoms with Crippen LogP contribution in [0.1, 0.15) is 41.2 Å². The molecule has 3 aromatic carbocycles. The molecule has 178 valence electrons. The number of hydrogen-bond donors (Lipinski definition) is 0. The number of esters is 2. The summed E-state index contributed by atoms with van der Waals surface area (Å²) in [6.07, 6.45) is -1.68. The van der Waals surface area contributed by atoms with Gasteiger partial charge in [-0.1, -0.05) is 36.8 Å². The maximum absolute atomic E-state index is 13.7. The summed E-state index contributed by atoms with van der Waals surface area (Å²) in [7, 11) is 0. The van der Waals surface area contributed by atoms with Gasteiger partial charge in [0.1, 0.15) is 11.5 Å². The minimum Gasteiger partial charge on any atom is -0.423 e. The molecular formula is C30H20F2O4. The first-order valence-electron chi connectivity index (χ1n) is 10.6. The Bertz CT molecular complexity index is 1430. The number of halogens is 2. The predicted octanol–water partition coefficient (Wildman–Crippen LogP) is 6.00. The third-order valence-electron chi connectivity index (χ3n) is 4.63. The van der Waals surface area contributed by atoms with Crippen LogP contribution < -0.4 is 9.47 Å². The molecule has 3 rings (SSSR count). The molecule has 0 fully saturated rings. The lowest BCUT2D eigenvalue weighted by Crippen LogP contribution is -2.07. The van der Waals surface area contributed by atoms with E-state index in [0.29, 0.717) is 28.2 Å². The standard InChI is InChI=1S/C30H20F2O4/c1-4-28(33)35-25-15-9-21(10-16-25)5-6-23-8-14-24(27(19-23)29(31)32)13-7-22-11-17-26(18-12-22)36-30(34)20(2)3/h4,8-12,14-19,29H,1-2H2,3H3. The SMILES string of the molecule is C=CC(=O)Oc1ccc(C#Cc2ccc(C#Cc3ccc(OC(=O)C(=C)C)cc3)c(C(F)F)c2)cc1. The van der Waals surface area contributed by atoms with Gasteiger partial charge in [0.25, 0.3) is 6.43 Å². The molecule has 3 aromatic rings. The van der Waals surface area contributed by atoms with Crippen LogP contribution in [0.2, 0.25) is 0 Å². The van der Waals surface area contributed by atoms with Crippen molar-refractivity contribution in [2.45, 2.75) is 13.3 Å². The molecule has 0 saturated carbocycles. The normalized spacial score (nSPS) is 9.78. The second kappa shape index (κ2) is 12.0. The quantitative estimate of drug-likeness (QED) is 0.194. The largest absolute Gasteiger partial charge is 0.423 e. The third-order valence-corrected chi connectivity index (χ3v) is 4.63. The first-order chi connectivity index (χ1) is 17.2. The fourth-order valence-corrected chi connectivity index (χ4v) is 2.78. The summed E-state index contributed by atoms with van der Waals surface area (Å²) in [6.45, 7) is 8.39. The monoisotopic (exact) mass is 482 g/mol. The fraction of sp³-hybridized carbons (Fsp3) is 0.0667. The molecule has 0 bridgehead atoms. The summed E-state index contributed by atoms with van der Waals surface area (Å²) in [5.41, 5.74) is 1.82. The fourth-order valence-electron chi connectivity index (χ4n) is 2.78. The van der Waals surface area contributed by atoms with Crippen molar-refractivity contribution in [3.8, 4) is 35.2 Å². The van der Waals surface area contributed by atoms with E-state index < -0.39 is 18.4 Å². The van der Waals surface area contributed by atoms with E-state index in [4.69, 9.17) is 9.47 Å². The molecule has 0 aliphatic heterocycles. The highest BCUT2D eigenvalue weighted by molar-refractivity contribution is 5.88. The maximum atomic E-state index is 13.7. The van der Waals surface area contributed by atoms with Crippen LogP contribution in [0.25, 0.3) is 0 Å². The molecule has 0 saturated heterocycles. The second-order valence-corrected chi connectivity index (χ2v) is 7.45. The third kappa shape index (κ3) is 7.28. The average Bonchev–Trinajstić information content (AvgIpc) is 2.87. The molecule has 0 amide bonds. The van der Waals surface area contributed by atoms with Gasteiger partial charge in [0.2, 0.25) is 0 Å². The van der Waals surface area contributed by atoms with Crippen molar-refractivity contribution >= 4 is 11.9 Å². The zero-order valence-corrected chi connectivity index (χ0v) is 19.3. The first kappa shape index (κ1) is 25.7. The Morgan fingerprint density at radius 1 is 0.806 bits per heavy atom. The van der Waals surface area contributed by atoms with Crippen molar-refractivity contribution in [2.75, 3.05) is 0 Å². The number of ether oxygens (including phenoxy) is 2. The number of alkyl halides is 2. The highest BCUT2D eigenvalue weighted by atomic mass is 19.3. The Morgan fingerprint density at radius 3 is 1.83 bits per heavy atom. The Labute approximate surface area is 207 Å². The predicted molar refractivity (Wildman–Crippen MR) is 133 cm³/mol. The van der Waals surface area contributed by atoms with E-state index in [9.17, 15) is 18.4 Å². The summed E-state index contributed by atoms with van der Waals surface area (Å²) in [5.74, 6) is 10.9. The van der Waals surface area contributed by atoms with E-state index in [-0.39, 0.29) is 16.7 Å². The molecule has 0 radical (unpaired) electrons. The summed E-state index contributed by atoms with van der Waals surface area (Å²) in [5, 5.41) is 0. The number of carbonyl (C=O) groups is 2. The van der Waals surface area contributed by atoms with E-state index in [1.54, 1.807) is 61.5 Å². The van der Waals surface area contributed by atoms with Crippen LogP contribution in [0.15, 0.2) is 91.5 Å². The van der Waals surface area contributed by atoms with Crippen LogP contribution in [0.5, 0.6) is 11.5 Å². The zero-order chi connectivity index (χ0) is 26.1. The van der Waals surface area contributed by atoms with Gasteiger partial charge in [-0.25, -0.2) is 18.4 Å². The minimum absolute atomic E-state index is 0.182. The van der Waals surface area contributed by atoms with E-state index in [1.165, 1.54) is 12.1 Å². The number of hydrogen-bond acceptors (Lipinski definition) is 4. The summed E-state index contributed by atoms with van der Waals surface area (Å²) in [4.78, 5) is 22.8. The van der Waals surface area contributed by atoms with Gasteiger partial charge < -0.3 is 9.47 Å². The lowest BCUT2D eigenvalue weighted by Gasteiger charge is -2.04. The van der Waals surface area contributed by atoms with Crippen LogP contribution in [0.3, 0.4) is 0 Å². The van der Waals surface area contributed by atoms with Crippen LogP contribution >= 0.6 is 0 Å². The smallest absolute Gasteiger partial charge is 0.338 e. The van der Waals surface area contributed by atoms with Crippen LogP contribution in [0.4, 0.5) is 8.78 Å². The van der Waals surface area contributed by atoms with Crippen molar-refractivity contribution in [2.24, 2.45) is 0 Å². The van der Waals surface area contributed by atoms with Crippen molar-refractivity contribution in [3.63, 3.8) is 0 Å². The highest BCUT2D eigenvalue weighted by Crippen LogP contribution is 2.24. The van der Waals surface area contributed by atoms with Gasteiger partial charge >= 0.3 is 11.9 Å². The second-order valence-electron chi connectivity index (χ2n) is 7.45. The Balaban J connectivity index is 1.76. The summed E-state index contributed by atoms with van der Waals surface area (Å²) >= 11 is 0. The van der Waals surface area contributed by atoms with Crippen LogP contribution in [-0.4, -0.2) is 11.9 Å². The van der Waals surface area contributed by atoms with Gasteiger partial charge in [-0.2, -0.15) is 0 Å². The molecule has 0 aromatic heterocycles. The topological polar surface area (TPSA) is 52.6 Å². The maximum Gasteiger partial charge on any atom is 0.338 e. The number of carbonyl (C=O) groups excluding carboxylic acids is 2. The number of benzene rings is 3. The van der Waals surface area contributed by atoms with Gasteiger partial charge in [0, 0.05) is 39.5 Å². The lowest BCUT2D eigenvalue weighted by atomic mass is 10.0. The molecule has 0 N–H and O–H groups in total. The van der Waals surface area contributed by atoms with E-state index in [1.807, 2.05) is 0 Å². The molecule has 0 unspecified atom stereocenters. The summed E-state index contributed by atoms with van der Waals surface area (Å²) in [6, 6.07) is 17.2. The van der Waals surface area contributed by atoms with Gasteiger partial charge in [0.05, 0.1) is 0 Å². The summed E-state index contributed by atoms with van der Waals surface area (Å²) < 4.78 is 37.5. The molecule has 0 heterocycles. The highest BCUT2D eigenvalue weighted by Gasteiger charge is 2.12. The molecular weight excluding hydrogens is 462 g/mol. The zero-order valence-electron chi connectivity index (χ0n) is 19.3. The van der Waals surface area contributed by atoms with Gasteiger partial charge in [-0.05, 0) is 73.7 Å². The van der Waals surface area contributed by atoms with Crippen molar-refractivity contribution < 1.29 is 27.8 Å². The molecule has 0 spiro atoms. The van der Waals surface area contributed by atoms with E-state index >= 15 is 0 Å². The number of rotatable bonds is 5. The molecule has 36 heavy (non-hydrogen) atoms. The molecule has 0 aliphatic rings. The van der Waals surface area contributed by atoms with E-state index in [2.05, 4.69) is 36.8 Å². The Kier molecular flexibility index (Phi) is 8.54. The molecule has 0 atom stereocenters. The van der Waals surface area contributed by atoms with Crippen molar-refractivity contribution in [3.05, 3.63) is 119 Å². The first-order valence-corrected chi connectivity index (χ1v) is 10.6. The lowest BCUT2D eigenvalue weighted by molar-refractivity contribution is -0.130. The Morgan fingerprint density at radius 2 is 1.31 bits per heavy atom.